The number of rotatable bonds is 4. The second-order valence-corrected chi connectivity index (χ2v) is 7.05. The molecule has 25 heavy (non-hydrogen) atoms. The molecule has 0 radical (unpaired) electrons. The van der Waals surface area contributed by atoms with Crippen molar-refractivity contribution in [1.82, 2.24) is 0 Å². The molecule has 2 heterocycles. The Morgan fingerprint density at radius 3 is 2.96 bits per heavy atom. The molecule has 134 valence electrons. The van der Waals surface area contributed by atoms with E-state index in [1.165, 1.54) is 0 Å². The molecule has 0 aliphatic carbocycles. The highest BCUT2D eigenvalue weighted by Gasteiger charge is 2.37. The van der Waals surface area contributed by atoms with E-state index in [1.54, 1.807) is 29.2 Å². The maximum Gasteiger partial charge on any atom is 0.253 e. The van der Waals surface area contributed by atoms with Crippen molar-refractivity contribution in [2.24, 2.45) is 5.41 Å². The van der Waals surface area contributed by atoms with Gasteiger partial charge in [0.25, 0.3) is 5.91 Å². The molecule has 0 aromatic heterocycles. The summed E-state index contributed by atoms with van der Waals surface area (Å²) in [6, 6.07) is 5.33. The van der Waals surface area contributed by atoms with Crippen LogP contribution in [0.1, 0.15) is 26.7 Å². The molecule has 0 bridgehead atoms. The van der Waals surface area contributed by atoms with E-state index < -0.39 is 11.5 Å². The third-order valence-corrected chi connectivity index (χ3v) is 4.46. The predicted molar refractivity (Wildman–Crippen MR) is 95.9 cm³/mol. The molecule has 1 N–H and O–H groups in total. The molecule has 1 aromatic rings. The van der Waals surface area contributed by atoms with Gasteiger partial charge in [0.1, 0.15) is 18.5 Å². The summed E-state index contributed by atoms with van der Waals surface area (Å²) in [6.45, 7) is 8.75. The van der Waals surface area contributed by atoms with Crippen molar-refractivity contribution in [2.75, 3.05) is 30.0 Å². The number of carbonyl (C=O) groups is 2. The zero-order valence-corrected chi connectivity index (χ0v) is 14.7. The molecule has 6 heteroatoms. The number of carbonyl (C=O) groups excluding carboxylic acids is 2. The van der Waals surface area contributed by atoms with Crippen LogP contribution >= 0.6 is 0 Å². The largest absolute Gasteiger partial charge is 0.490 e. The van der Waals surface area contributed by atoms with Crippen LogP contribution in [0.2, 0.25) is 0 Å². The Balaban J connectivity index is 1.89. The van der Waals surface area contributed by atoms with Gasteiger partial charge < -0.3 is 19.7 Å². The summed E-state index contributed by atoms with van der Waals surface area (Å²) in [6.07, 6.45) is 2.91. The van der Waals surface area contributed by atoms with Gasteiger partial charge in [-0.25, -0.2) is 0 Å². The first-order chi connectivity index (χ1) is 11.9. The fraction of sp³-hybridized carbons (Fsp3) is 0.474. The minimum absolute atomic E-state index is 0.0336. The highest BCUT2D eigenvalue weighted by atomic mass is 16.5. The number of ether oxygens (including phenoxy) is 2. The van der Waals surface area contributed by atoms with E-state index in [-0.39, 0.29) is 11.8 Å². The zero-order chi connectivity index (χ0) is 18.0. The number of hydrogen-bond acceptors (Lipinski definition) is 4. The third-order valence-electron chi connectivity index (χ3n) is 4.46. The Kier molecular flexibility index (Phi) is 4.81. The van der Waals surface area contributed by atoms with Gasteiger partial charge in [-0.2, -0.15) is 0 Å². The maximum atomic E-state index is 12.9. The number of anilines is 2. The lowest BCUT2D eigenvalue weighted by Crippen LogP contribution is -2.42. The van der Waals surface area contributed by atoms with Crippen LogP contribution in [0.25, 0.3) is 0 Å². The Morgan fingerprint density at radius 2 is 2.28 bits per heavy atom. The molecule has 1 unspecified atom stereocenters. The summed E-state index contributed by atoms with van der Waals surface area (Å²) in [5.41, 5.74) is 0.619. The van der Waals surface area contributed by atoms with Crippen LogP contribution in [-0.4, -0.2) is 37.7 Å². The van der Waals surface area contributed by atoms with Gasteiger partial charge in [0.05, 0.1) is 11.1 Å². The van der Waals surface area contributed by atoms with Crippen LogP contribution in [0, 0.1) is 5.41 Å². The first kappa shape index (κ1) is 17.5. The van der Waals surface area contributed by atoms with Crippen molar-refractivity contribution < 1.29 is 19.1 Å². The first-order valence-electron chi connectivity index (χ1n) is 8.54. The van der Waals surface area contributed by atoms with E-state index in [4.69, 9.17) is 9.47 Å². The molecular weight excluding hydrogens is 320 g/mol. The van der Waals surface area contributed by atoms with Crippen LogP contribution in [0.4, 0.5) is 11.4 Å². The van der Waals surface area contributed by atoms with Gasteiger partial charge in [-0.15, -0.1) is 6.58 Å². The van der Waals surface area contributed by atoms with E-state index in [1.807, 2.05) is 13.8 Å². The molecule has 2 amide bonds. The van der Waals surface area contributed by atoms with Crippen molar-refractivity contribution in [2.45, 2.75) is 32.8 Å². The van der Waals surface area contributed by atoms with Gasteiger partial charge >= 0.3 is 0 Å². The SMILES string of the molecule is C=CCN1C(=O)C(C)(C)COc2ccc(NC(=O)C3CCCO3)cc21. The zero-order valence-electron chi connectivity index (χ0n) is 14.7. The molecule has 1 saturated heterocycles. The van der Waals surface area contributed by atoms with Crippen LogP contribution < -0.4 is 15.0 Å². The van der Waals surface area contributed by atoms with Gasteiger partial charge in [0.2, 0.25) is 5.91 Å². The number of nitrogens with one attached hydrogen (secondary N) is 1. The molecule has 6 nitrogen and oxygen atoms in total. The Bertz CT molecular complexity index is 693. The summed E-state index contributed by atoms with van der Waals surface area (Å²) in [5, 5.41) is 2.87. The third kappa shape index (κ3) is 3.54. The van der Waals surface area contributed by atoms with Crippen molar-refractivity contribution in [3.63, 3.8) is 0 Å². The highest BCUT2D eigenvalue weighted by Crippen LogP contribution is 2.38. The van der Waals surface area contributed by atoms with Crippen LogP contribution in [0.15, 0.2) is 30.9 Å². The molecule has 1 aromatic carbocycles. The smallest absolute Gasteiger partial charge is 0.253 e. The second-order valence-electron chi connectivity index (χ2n) is 7.05. The molecule has 3 rings (SSSR count). The molecule has 0 saturated carbocycles. The van der Waals surface area contributed by atoms with E-state index in [0.717, 1.165) is 12.8 Å². The summed E-state index contributed by atoms with van der Waals surface area (Å²) in [4.78, 5) is 26.8. The predicted octanol–water partition coefficient (Wildman–Crippen LogP) is 2.74. The van der Waals surface area contributed by atoms with E-state index in [9.17, 15) is 9.59 Å². The summed E-state index contributed by atoms with van der Waals surface area (Å²) in [5.74, 6) is 0.429. The van der Waals surface area contributed by atoms with E-state index in [0.29, 0.717) is 36.9 Å². The lowest BCUT2D eigenvalue weighted by molar-refractivity contribution is -0.127. The minimum Gasteiger partial charge on any atom is -0.490 e. The highest BCUT2D eigenvalue weighted by molar-refractivity contribution is 6.01. The van der Waals surface area contributed by atoms with Crippen LogP contribution in [0.5, 0.6) is 5.75 Å². The van der Waals surface area contributed by atoms with Crippen molar-refractivity contribution in [1.29, 1.82) is 0 Å². The van der Waals surface area contributed by atoms with Crippen LogP contribution in [-0.2, 0) is 14.3 Å². The standard InChI is InChI=1S/C19H24N2O4/c1-4-9-21-14-11-13(20-17(22)16-6-5-10-24-16)7-8-15(14)25-12-19(2,3)18(21)23/h4,7-8,11,16H,1,5-6,9-10,12H2,2-3H3,(H,20,22). The van der Waals surface area contributed by atoms with Gasteiger partial charge in [-0.1, -0.05) is 6.08 Å². The molecule has 2 aliphatic rings. The number of fused-ring (bicyclic) bond motifs is 1. The second kappa shape index (κ2) is 6.88. The summed E-state index contributed by atoms with van der Waals surface area (Å²) in [7, 11) is 0. The number of amides is 2. The van der Waals surface area contributed by atoms with Crippen molar-refractivity contribution >= 4 is 23.2 Å². The number of hydrogen-bond donors (Lipinski definition) is 1. The van der Waals surface area contributed by atoms with Gasteiger partial charge in [-0.05, 0) is 44.9 Å². The summed E-state index contributed by atoms with van der Waals surface area (Å²) < 4.78 is 11.2. The lowest BCUT2D eigenvalue weighted by atomic mass is 9.93. The minimum atomic E-state index is -0.636. The van der Waals surface area contributed by atoms with Crippen molar-refractivity contribution in [3.8, 4) is 5.75 Å². The molecule has 0 spiro atoms. The van der Waals surface area contributed by atoms with Gasteiger partial charge in [0, 0.05) is 18.8 Å². The monoisotopic (exact) mass is 344 g/mol. The summed E-state index contributed by atoms with van der Waals surface area (Å²) >= 11 is 0. The van der Waals surface area contributed by atoms with E-state index >= 15 is 0 Å². The molecular formula is C19H24N2O4. The Labute approximate surface area is 147 Å². The quantitative estimate of drug-likeness (QED) is 0.853. The first-order valence-corrected chi connectivity index (χ1v) is 8.54. The maximum absolute atomic E-state index is 12.9. The molecule has 1 fully saturated rings. The topological polar surface area (TPSA) is 67.9 Å². The Hall–Kier alpha value is -2.34. The normalized spacial score (nSPS) is 21.9. The number of nitrogens with zero attached hydrogens (tertiary/aromatic N) is 1. The van der Waals surface area contributed by atoms with E-state index in [2.05, 4.69) is 11.9 Å². The molecule has 1 atom stereocenters. The fourth-order valence-corrected chi connectivity index (χ4v) is 3.04. The van der Waals surface area contributed by atoms with Crippen LogP contribution in [0.3, 0.4) is 0 Å². The number of benzene rings is 1. The Morgan fingerprint density at radius 1 is 1.48 bits per heavy atom. The molecule has 2 aliphatic heterocycles. The average Bonchev–Trinajstić information content (AvgIpc) is 3.10. The lowest BCUT2D eigenvalue weighted by Gasteiger charge is -2.27. The van der Waals surface area contributed by atoms with Crippen molar-refractivity contribution in [3.05, 3.63) is 30.9 Å². The average molecular weight is 344 g/mol. The van der Waals surface area contributed by atoms with Gasteiger partial charge in [-0.3, -0.25) is 9.59 Å². The fourth-order valence-electron chi connectivity index (χ4n) is 3.04. The van der Waals surface area contributed by atoms with Gasteiger partial charge in [0.15, 0.2) is 0 Å².